The van der Waals surface area contributed by atoms with Crippen LogP contribution in [-0.4, -0.2) is 36.2 Å². The van der Waals surface area contributed by atoms with Gasteiger partial charge < -0.3 is 15.0 Å². The molecule has 3 rings (SSSR count). The van der Waals surface area contributed by atoms with Crippen molar-refractivity contribution in [3.05, 3.63) is 39.7 Å². The fraction of sp³-hybridized carbons (Fsp3) is 0.474. The number of amides is 1. The molecule has 3 heterocycles. The quantitative estimate of drug-likeness (QED) is 0.900. The van der Waals surface area contributed by atoms with Crippen molar-refractivity contribution in [2.24, 2.45) is 0 Å². The van der Waals surface area contributed by atoms with Gasteiger partial charge in [0.2, 0.25) is 0 Å². The van der Waals surface area contributed by atoms with Crippen molar-refractivity contribution in [2.75, 3.05) is 23.3 Å². The summed E-state index contributed by atoms with van der Waals surface area (Å²) in [6.07, 6.45) is 3.06. The van der Waals surface area contributed by atoms with E-state index in [4.69, 9.17) is 4.74 Å². The second-order valence-electron chi connectivity index (χ2n) is 6.57. The van der Waals surface area contributed by atoms with Gasteiger partial charge in [-0.1, -0.05) is 6.92 Å². The number of thiophene rings is 1. The maximum absolute atomic E-state index is 12.4. The smallest absolute Gasteiger partial charge is 0.265 e. The van der Waals surface area contributed by atoms with Crippen LogP contribution in [0.5, 0.6) is 0 Å². The second-order valence-corrected chi connectivity index (χ2v) is 7.82. The molecule has 25 heavy (non-hydrogen) atoms. The lowest BCUT2D eigenvalue weighted by Crippen LogP contribution is -2.45. The van der Waals surface area contributed by atoms with Crippen molar-refractivity contribution < 1.29 is 9.53 Å². The van der Waals surface area contributed by atoms with Gasteiger partial charge >= 0.3 is 0 Å². The molecule has 0 saturated carbocycles. The SMILES string of the molecule is CCc1cc(C(=O)Nc2ccc(N3CC(C)OC(C)C3)nc2)sc1C. The number of aromatic nitrogens is 1. The first-order valence-electron chi connectivity index (χ1n) is 8.73. The van der Waals surface area contributed by atoms with Gasteiger partial charge in [0.1, 0.15) is 5.82 Å². The second kappa shape index (κ2) is 7.54. The van der Waals surface area contributed by atoms with Gasteiger partial charge in [0.25, 0.3) is 5.91 Å². The molecule has 1 fully saturated rings. The van der Waals surface area contributed by atoms with Crippen LogP contribution in [0.2, 0.25) is 0 Å². The average molecular weight is 359 g/mol. The van der Waals surface area contributed by atoms with Gasteiger partial charge in [-0.05, 0) is 51.0 Å². The molecule has 2 aromatic heterocycles. The van der Waals surface area contributed by atoms with E-state index in [1.165, 1.54) is 21.8 Å². The number of carbonyl (C=O) groups is 1. The van der Waals surface area contributed by atoms with Crippen LogP contribution in [0.4, 0.5) is 11.5 Å². The van der Waals surface area contributed by atoms with E-state index in [2.05, 4.69) is 42.9 Å². The number of aryl methyl sites for hydroxylation is 2. The lowest BCUT2D eigenvalue weighted by atomic mass is 10.2. The number of carbonyl (C=O) groups excluding carboxylic acids is 1. The molecule has 1 N–H and O–H groups in total. The molecular weight excluding hydrogens is 334 g/mol. The van der Waals surface area contributed by atoms with Gasteiger partial charge in [-0.15, -0.1) is 11.3 Å². The summed E-state index contributed by atoms with van der Waals surface area (Å²) in [5, 5.41) is 2.94. The van der Waals surface area contributed by atoms with Crippen molar-refractivity contribution in [1.29, 1.82) is 0 Å². The van der Waals surface area contributed by atoms with Gasteiger partial charge in [0, 0.05) is 18.0 Å². The van der Waals surface area contributed by atoms with Crippen LogP contribution < -0.4 is 10.2 Å². The molecule has 0 radical (unpaired) electrons. The van der Waals surface area contributed by atoms with Crippen LogP contribution in [0.1, 0.15) is 40.9 Å². The molecule has 1 aliphatic rings. The highest BCUT2D eigenvalue weighted by Crippen LogP contribution is 2.24. The topological polar surface area (TPSA) is 54.5 Å². The van der Waals surface area contributed by atoms with E-state index >= 15 is 0 Å². The lowest BCUT2D eigenvalue weighted by Gasteiger charge is -2.36. The number of hydrogen-bond donors (Lipinski definition) is 1. The van der Waals surface area contributed by atoms with Crippen molar-refractivity contribution in [2.45, 2.75) is 46.3 Å². The molecular formula is C19H25N3O2S. The van der Waals surface area contributed by atoms with E-state index < -0.39 is 0 Å². The number of anilines is 2. The molecule has 6 heteroatoms. The summed E-state index contributed by atoms with van der Waals surface area (Å²) >= 11 is 1.54. The monoisotopic (exact) mass is 359 g/mol. The number of ether oxygens (including phenoxy) is 1. The molecule has 0 aromatic carbocycles. The van der Waals surface area contributed by atoms with Gasteiger partial charge in [0.05, 0.1) is 29.0 Å². The largest absolute Gasteiger partial charge is 0.372 e. The zero-order chi connectivity index (χ0) is 18.0. The van der Waals surface area contributed by atoms with Crippen LogP contribution in [0.25, 0.3) is 0 Å². The number of nitrogens with one attached hydrogen (secondary N) is 1. The van der Waals surface area contributed by atoms with E-state index in [-0.39, 0.29) is 18.1 Å². The van der Waals surface area contributed by atoms with Crippen LogP contribution in [0.3, 0.4) is 0 Å². The molecule has 1 aliphatic heterocycles. The molecule has 2 unspecified atom stereocenters. The molecule has 0 aliphatic carbocycles. The number of hydrogen-bond acceptors (Lipinski definition) is 5. The number of pyridine rings is 1. The minimum absolute atomic E-state index is 0.0732. The third-order valence-electron chi connectivity index (χ3n) is 4.37. The van der Waals surface area contributed by atoms with Crippen molar-refractivity contribution in [3.63, 3.8) is 0 Å². The molecule has 0 bridgehead atoms. The Balaban J connectivity index is 1.66. The highest BCUT2D eigenvalue weighted by atomic mass is 32.1. The molecule has 134 valence electrons. The first-order chi connectivity index (χ1) is 12.0. The average Bonchev–Trinajstić information content (AvgIpc) is 2.96. The zero-order valence-corrected chi connectivity index (χ0v) is 16.0. The van der Waals surface area contributed by atoms with Gasteiger partial charge in [-0.2, -0.15) is 0 Å². The number of morpholine rings is 1. The molecule has 2 aromatic rings. The Morgan fingerprint density at radius 2 is 2.08 bits per heavy atom. The van der Waals surface area contributed by atoms with Crippen molar-refractivity contribution >= 4 is 28.7 Å². The maximum Gasteiger partial charge on any atom is 0.265 e. The summed E-state index contributed by atoms with van der Waals surface area (Å²) in [5.41, 5.74) is 1.95. The summed E-state index contributed by atoms with van der Waals surface area (Å²) in [6, 6.07) is 5.84. The zero-order valence-electron chi connectivity index (χ0n) is 15.2. The summed E-state index contributed by atoms with van der Waals surface area (Å²) in [5.74, 6) is 0.844. The Kier molecular flexibility index (Phi) is 5.39. The Morgan fingerprint density at radius 3 is 2.64 bits per heavy atom. The Hall–Kier alpha value is -1.92. The summed E-state index contributed by atoms with van der Waals surface area (Å²) < 4.78 is 5.76. The first kappa shape index (κ1) is 17.9. The number of rotatable bonds is 4. The molecule has 1 saturated heterocycles. The van der Waals surface area contributed by atoms with Crippen LogP contribution in [0.15, 0.2) is 24.4 Å². The van der Waals surface area contributed by atoms with Crippen molar-refractivity contribution in [3.8, 4) is 0 Å². The van der Waals surface area contributed by atoms with E-state index in [1.54, 1.807) is 6.20 Å². The Morgan fingerprint density at radius 1 is 1.36 bits per heavy atom. The van der Waals surface area contributed by atoms with E-state index in [9.17, 15) is 4.79 Å². The Labute approximate surface area is 153 Å². The molecule has 2 atom stereocenters. The highest BCUT2D eigenvalue weighted by molar-refractivity contribution is 7.14. The van der Waals surface area contributed by atoms with E-state index in [1.807, 2.05) is 18.2 Å². The van der Waals surface area contributed by atoms with Crippen LogP contribution in [-0.2, 0) is 11.2 Å². The predicted octanol–water partition coefficient (Wildman–Crippen LogP) is 3.88. The lowest BCUT2D eigenvalue weighted by molar-refractivity contribution is -0.00545. The number of nitrogens with zero attached hydrogens (tertiary/aromatic N) is 2. The maximum atomic E-state index is 12.4. The third kappa shape index (κ3) is 4.19. The predicted molar refractivity (Wildman–Crippen MR) is 103 cm³/mol. The molecule has 1 amide bonds. The fourth-order valence-corrected chi connectivity index (χ4v) is 4.20. The summed E-state index contributed by atoms with van der Waals surface area (Å²) in [6.45, 7) is 9.97. The minimum atomic E-state index is -0.0732. The van der Waals surface area contributed by atoms with E-state index in [0.29, 0.717) is 5.69 Å². The summed E-state index contributed by atoms with van der Waals surface area (Å²) in [7, 11) is 0. The van der Waals surface area contributed by atoms with E-state index in [0.717, 1.165) is 30.2 Å². The molecule has 5 nitrogen and oxygen atoms in total. The third-order valence-corrected chi connectivity index (χ3v) is 5.47. The Bertz CT molecular complexity index is 732. The first-order valence-corrected chi connectivity index (χ1v) is 9.55. The minimum Gasteiger partial charge on any atom is -0.372 e. The van der Waals surface area contributed by atoms with Crippen molar-refractivity contribution in [1.82, 2.24) is 4.98 Å². The van der Waals surface area contributed by atoms with Gasteiger partial charge in [0.15, 0.2) is 0 Å². The highest BCUT2D eigenvalue weighted by Gasteiger charge is 2.23. The fourth-order valence-electron chi connectivity index (χ4n) is 3.19. The van der Waals surface area contributed by atoms with Gasteiger partial charge in [-0.25, -0.2) is 4.98 Å². The van der Waals surface area contributed by atoms with Crippen LogP contribution >= 0.6 is 11.3 Å². The summed E-state index contributed by atoms with van der Waals surface area (Å²) in [4.78, 5) is 21.1. The van der Waals surface area contributed by atoms with Gasteiger partial charge in [-0.3, -0.25) is 4.79 Å². The molecule has 0 spiro atoms. The standard InChI is InChI=1S/C19H25N3O2S/c1-5-15-8-17(25-14(15)4)19(23)21-16-6-7-18(20-9-16)22-10-12(2)24-13(3)11-22/h6-9,12-13H,5,10-11H2,1-4H3,(H,21,23). The van der Waals surface area contributed by atoms with Crippen LogP contribution in [0, 0.1) is 6.92 Å². The normalized spacial score (nSPS) is 20.6.